The summed E-state index contributed by atoms with van der Waals surface area (Å²) in [6, 6.07) is 13.2. The van der Waals surface area contributed by atoms with Crippen molar-refractivity contribution < 1.29 is 14.6 Å². The predicted octanol–water partition coefficient (Wildman–Crippen LogP) is 4.19. The van der Waals surface area contributed by atoms with Crippen LogP contribution in [0.4, 0.5) is 0 Å². The minimum absolute atomic E-state index is 0.681. The van der Waals surface area contributed by atoms with Crippen molar-refractivity contribution in [3.63, 3.8) is 0 Å². The minimum atomic E-state index is -0.967. The maximum Gasteiger partial charge on any atom is 0.328 e. The van der Waals surface area contributed by atoms with Gasteiger partial charge in [-0.3, -0.25) is 0 Å². The van der Waals surface area contributed by atoms with Crippen molar-refractivity contribution in [3.8, 4) is 11.5 Å². The number of benzene rings is 2. The van der Waals surface area contributed by atoms with E-state index in [-0.39, 0.29) is 0 Å². The molecular weight excluding hydrogens is 252 g/mol. The quantitative estimate of drug-likeness (QED) is 0.845. The number of rotatable bonds is 4. The number of ether oxygens (including phenoxy) is 1. The molecule has 2 aromatic carbocycles. The van der Waals surface area contributed by atoms with Crippen LogP contribution < -0.4 is 4.74 Å². The van der Waals surface area contributed by atoms with E-state index in [1.165, 1.54) is 17.2 Å². The van der Waals surface area contributed by atoms with Crippen molar-refractivity contribution in [2.24, 2.45) is 0 Å². The Morgan fingerprint density at radius 3 is 2.50 bits per heavy atom. The lowest BCUT2D eigenvalue weighted by Crippen LogP contribution is -1.88. The molecule has 0 unspecified atom stereocenters. The molecule has 3 heteroatoms. The van der Waals surface area contributed by atoms with Gasteiger partial charge in [0.1, 0.15) is 11.5 Å². The highest BCUT2D eigenvalue weighted by molar-refractivity contribution is 5.85. The zero-order valence-electron chi connectivity index (χ0n) is 11.5. The van der Waals surface area contributed by atoms with Gasteiger partial charge in [-0.1, -0.05) is 18.2 Å². The Morgan fingerprint density at radius 1 is 1.05 bits per heavy atom. The molecule has 3 nitrogen and oxygen atoms in total. The smallest absolute Gasteiger partial charge is 0.328 e. The number of carbonyl (C=O) groups is 1. The van der Waals surface area contributed by atoms with Crippen LogP contribution in [0.15, 0.2) is 48.5 Å². The van der Waals surface area contributed by atoms with Gasteiger partial charge < -0.3 is 9.84 Å². The Hall–Kier alpha value is -2.55. The van der Waals surface area contributed by atoms with Gasteiger partial charge in [0.15, 0.2) is 0 Å². The van der Waals surface area contributed by atoms with Gasteiger partial charge in [0.2, 0.25) is 0 Å². The second-order valence-electron chi connectivity index (χ2n) is 4.59. The van der Waals surface area contributed by atoms with Crippen LogP contribution >= 0.6 is 0 Å². The molecule has 0 aromatic heterocycles. The molecule has 0 spiro atoms. The number of carboxylic acids is 1. The monoisotopic (exact) mass is 268 g/mol. The van der Waals surface area contributed by atoms with E-state index in [0.717, 1.165) is 17.4 Å². The summed E-state index contributed by atoms with van der Waals surface area (Å²) in [6.45, 7) is 4.09. The number of carboxylic acid groups (broad SMARTS) is 1. The van der Waals surface area contributed by atoms with E-state index in [4.69, 9.17) is 9.84 Å². The summed E-state index contributed by atoms with van der Waals surface area (Å²) in [6.07, 6.45) is 2.64. The Balaban J connectivity index is 2.19. The first-order valence-electron chi connectivity index (χ1n) is 6.31. The first-order valence-corrected chi connectivity index (χ1v) is 6.31. The zero-order valence-corrected chi connectivity index (χ0v) is 11.5. The summed E-state index contributed by atoms with van der Waals surface area (Å²) in [4.78, 5) is 10.5. The molecule has 0 fully saturated rings. The summed E-state index contributed by atoms with van der Waals surface area (Å²) in [5.41, 5.74) is 3.17. The largest absolute Gasteiger partial charge is 0.478 e. The van der Waals surface area contributed by atoms with Crippen LogP contribution in [-0.2, 0) is 4.79 Å². The van der Waals surface area contributed by atoms with Crippen LogP contribution in [0.1, 0.15) is 16.7 Å². The van der Waals surface area contributed by atoms with Gasteiger partial charge in [-0.2, -0.15) is 0 Å². The van der Waals surface area contributed by atoms with Gasteiger partial charge in [-0.15, -0.1) is 0 Å². The van der Waals surface area contributed by atoms with Crippen molar-refractivity contribution in [2.45, 2.75) is 13.8 Å². The summed E-state index contributed by atoms with van der Waals surface area (Å²) in [5, 5.41) is 8.62. The second-order valence-corrected chi connectivity index (χ2v) is 4.59. The molecular formula is C17H16O3. The second kappa shape index (κ2) is 6.06. The molecule has 2 aromatic rings. The summed E-state index contributed by atoms with van der Waals surface area (Å²) in [5.74, 6) is 0.485. The minimum Gasteiger partial charge on any atom is -0.478 e. The summed E-state index contributed by atoms with van der Waals surface area (Å²) >= 11 is 0. The molecule has 0 amide bonds. The molecule has 0 atom stereocenters. The highest BCUT2D eigenvalue weighted by Crippen LogP contribution is 2.24. The number of hydrogen-bond donors (Lipinski definition) is 1. The average Bonchev–Trinajstić information content (AvgIpc) is 2.41. The van der Waals surface area contributed by atoms with Gasteiger partial charge in [-0.05, 0) is 60.9 Å². The van der Waals surface area contributed by atoms with Crippen molar-refractivity contribution in [3.05, 3.63) is 65.2 Å². The molecule has 0 radical (unpaired) electrons. The standard InChI is InChI=1S/C17H16O3/c1-12-6-8-16(10-13(12)2)20-15-5-3-4-14(11-15)7-9-17(18)19/h3-11H,1-2H3,(H,18,19). The third-order valence-electron chi connectivity index (χ3n) is 2.99. The molecule has 0 saturated carbocycles. The van der Waals surface area contributed by atoms with Gasteiger partial charge in [-0.25, -0.2) is 4.79 Å². The zero-order chi connectivity index (χ0) is 14.5. The van der Waals surface area contributed by atoms with Crippen molar-refractivity contribution in [2.75, 3.05) is 0 Å². The van der Waals surface area contributed by atoms with Crippen LogP contribution in [0.5, 0.6) is 11.5 Å². The lowest BCUT2D eigenvalue weighted by atomic mass is 10.1. The van der Waals surface area contributed by atoms with Gasteiger partial charge in [0, 0.05) is 6.08 Å². The molecule has 0 bridgehead atoms. The Labute approximate surface area is 118 Å². The van der Waals surface area contributed by atoms with E-state index >= 15 is 0 Å². The number of aliphatic carboxylic acids is 1. The molecule has 102 valence electrons. The Kier molecular flexibility index (Phi) is 4.20. The molecule has 0 aliphatic carbocycles. The summed E-state index contributed by atoms with van der Waals surface area (Å²) < 4.78 is 5.78. The molecule has 20 heavy (non-hydrogen) atoms. The third-order valence-corrected chi connectivity index (χ3v) is 2.99. The van der Waals surface area contributed by atoms with E-state index in [1.807, 2.05) is 43.3 Å². The molecule has 0 heterocycles. The van der Waals surface area contributed by atoms with Crippen molar-refractivity contribution in [1.82, 2.24) is 0 Å². The maximum absolute atomic E-state index is 10.5. The van der Waals surface area contributed by atoms with Crippen LogP contribution in [0.3, 0.4) is 0 Å². The van der Waals surface area contributed by atoms with E-state index in [0.29, 0.717) is 5.75 Å². The fourth-order valence-corrected chi connectivity index (χ4v) is 1.76. The maximum atomic E-state index is 10.5. The predicted molar refractivity (Wildman–Crippen MR) is 79.1 cm³/mol. The molecule has 0 aliphatic heterocycles. The normalized spacial score (nSPS) is 10.7. The summed E-state index contributed by atoms with van der Waals surface area (Å²) in [7, 11) is 0. The number of aryl methyl sites for hydroxylation is 2. The van der Waals surface area contributed by atoms with Crippen LogP contribution in [-0.4, -0.2) is 11.1 Å². The van der Waals surface area contributed by atoms with E-state index in [1.54, 1.807) is 6.07 Å². The van der Waals surface area contributed by atoms with Crippen molar-refractivity contribution >= 4 is 12.0 Å². The van der Waals surface area contributed by atoms with Gasteiger partial charge >= 0.3 is 5.97 Å². The lowest BCUT2D eigenvalue weighted by Gasteiger charge is -2.08. The number of hydrogen-bond acceptors (Lipinski definition) is 2. The third kappa shape index (κ3) is 3.72. The molecule has 0 saturated heterocycles. The molecule has 2 rings (SSSR count). The highest BCUT2D eigenvalue weighted by Gasteiger charge is 2.00. The average molecular weight is 268 g/mol. The Morgan fingerprint density at radius 2 is 1.80 bits per heavy atom. The fraction of sp³-hybridized carbons (Fsp3) is 0.118. The molecule has 0 aliphatic rings. The van der Waals surface area contributed by atoms with Gasteiger partial charge in [0.05, 0.1) is 0 Å². The lowest BCUT2D eigenvalue weighted by molar-refractivity contribution is -0.131. The molecule has 1 N–H and O–H groups in total. The first-order chi connectivity index (χ1) is 9.54. The van der Waals surface area contributed by atoms with Crippen LogP contribution in [0.2, 0.25) is 0 Å². The fourth-order valence-electron chi connectivity index (χ4n) is 1.76. The SMILES string of the molecule is Cc1ccc(Oc2cccc(C=CC(=O)O)c2)cc1C. The van der Waals surface area contributed by atoms with Crippen molar-refractivity contribution in [1.29, 1.82) is 0 Å². The van der Waals surface area contributed by atoms with Crippen LogP contribution in [0.25, 0.3) is 6.08 Å². The highest BCUT2D eigenvalue weighted by atomic mass is 16.5. The first kappa shape index (κ1) is 13.9. The van der Waals surface area contributed by atoms with Crippen LogP contribution in [0, 0.1) is 13.8 Å². The van der Waals surface area contributed by atoms with E-state index in [2.05, 4.69) is 6.92 Å². The van der Waals surface area contributed by atoms with E-state index in [9.17, 15) is 4.79 Å². The van der Waals surface area contributed by atoms with E-state index < -0.39 is 5.97 Å². The Bertz CT molecular complexity index is 657. The van der Waals surface area contributed by atoms with Gasteiger partial charge in [0.25, 0.3) is 0 Å². The topological polar surface area (TPSA) is 46.5 Å².